The zero-order chi connectivity index (χ0) is 19.6. The molecular formula is C20H20FN3O3. The van der Waals surface area contributed by atoms with Crippen molar-refractivity contribution < 1.29 is 18.8 Å². The molecule has 0 saturated carbocycles. The lowest BCUT2D eigenvalue weighted by Crippen LogP contribution is -2.35. The van der Waals surface area contributed by atoms with Crippen molar-refractivity contribution in [1.29, 1.82) is 0 Å². The van der Waals surface area contributed by atoms with Gasteiger partial charge in [0, 0.05) is 18.3 Å². The summed E-state index contributed by atoms with van der Waals surface area (Å²) in [5.41, 5.74) is 1.83. The standard InChI is InChI=1S/C20H20FN3O3/c1-12(2)24-18(25)16-7-6-15(11-17(16)19(24)26)23-20(27)22-9-8-13-4-3-5-14(21)10-13/h3-7,10-12H,8-9H2,1-2H3,(H2,22,23,27). The Balaban J connectivity index is 1.60. The number of hydrogen-bond acceptors (Lipinski definition) is 3. The zero-order valence-corrected chi connectivity index (χ0v) is 15.1. The van der Waals surface area contributed by atoms with Crippen LogP contribution in [0.25, 0.3) is 0 Å². The van der Waals surface area contributed by atoms with Gasteiger partial charge in [0.05, 0.1) is 11.1 Å². The third-order valence-corrected chi connectivity index (χ3v) is 4.28. The smallest absolute Gasteiger partial charge is 0.319 e. The Morgan fingerprint density at radius 3 is 2.52 bits per heavy atom. The number of nitrogens with one attached hydrogen (secondary N) is 2. The fourth-order valence-corrected chi connectivity index (χ4v) is 2.99. The molecule has 1 aliphatic rings. The van der Waals surface area contributed by atoms with Gasteiger partial charge in [0.1, 0.15) is 5.82 Å². The van der Waals surface area contributed by atoms with E-state index in [9.17, 15) is 18.8 Å². The third-order valence-electron chi connectivity index (χ3n) is 4.28. The molecule has 4 amide bonds. The second-order valence-corrected chi connectivity index (χ2v) is 6.60. The van der Waals surface area contributed by atoms with E-state index in [4.69, 9.17) is 0 Å². The van der Waals surface area contributed by atoms with E-state index in [1.807, 2.05) is 0 Å². The molecule has 0 unspecified atom stereocenters. The zero-order valence-electron chi connectivity index (χ0n) is 15.1. The summed E-state index contributed by atoms with van der Waals surface area (Å²) in [6.07, 6.45) is 0.492. The molecule has 0 radical (unpaired) electrons. The second-order valence-electron chi connectivity index (χ2n) is 6.60. The Morgan fingerprint density at radius 2 is 1.81 bits per heavy atom. The summed E-state index contributed by atoms with van der Waals surface area (Å²) in [5.74, 6) is -0.999. The van der Waals surface area contributed by atoms with Crippen LogP contribution in [0.2, 0.25) is 0 Å². The van der Waals surface area contributed by atoms with E-state index in [1.165, 1.54) is 23.1 Å². The predicted octanol–water partition coefficient (Wildman–Crippen LogP) is 3.19. The first-order valence-electron chi connectivity index (χ1n) is 8.68. The minimum absolute atomic E-state index is 0.236. The lowest BCUT2D eigenvalue weighted by molar-refractivity contribution is 0.0609. The molecule has 0 bridgehead atoms. The van der Waals surface area contributed by atoms with Crippen LogP contribution in [0.1, 0.15) is 40.1 Å². The molecule has 0 aliphatic carbocycles. The number of hydrogen-bond donors (Lipinski definition) is 2. The molecule has 0 aromatic heterocycles. The van der Waals surface area contributed by atoms with Crippen LogP contribution in [-0.2, 0) is 6.42 Å². The van der Waals surface area contributed by atoms with Crippen molar-refractivity contribution in [2.45, 2.75) is 26.3 Å². The number of fused-ring (bicyclic) bond motifs is 1. The molecule has 2 N–H and O–H groups in total. The number of urea groups is 1. The fourth-order valence-electron chi connectivity index (χ4n) is 2.99. The van der Waals surface area contributed by atoms with Crippen LogP contribution >= 0.6 is 0 Å². The summed E-state index contributed by atoms with van der Waals surface area (Å²) in [7, 11) is 0. The van der Waals surface area contributed by atoms with E-state index >= 15 is 0 Å². The topological polar surface area (TPSA) is 78.5 Å². The van der Waals surface area contributed by atoms with E-state index in [1.54, 1.807) is 38.1 Å². The molecule has 140 valence electrons. The summed E-state index contributed by atoms with van der Waals surface area (Å²) in [6, 6.07) is 10.1. The Morgan fingerprint density at radius 1 is 1.07 bits per heavy atom. The van der Waals surface area contributed by atoms with E-state index in [-0.39, 0.29) is 29.2 Å². The first-order valence-corrected chi connectivity index (χ1v) is 8.68. The van der Waals surface area contributed by atoms with Crippen molar-refractivity contribution in [3.8, 4) is 0 Å². The van der Waals surface area contributed by atoms with Crippen LogP contribution in [0.15, 0.2) is 42.5 Å². The molecule has 0 spiro atoms. The number of nitrogens with zero attached hydrogens (tertiary/aromatic N) is 1. The molecular weight excluding hydrogens is 349 g/mol. The van der Waals surface area contributed by atoms with Crippen LogP contribution in [0.5, 0.6) is 0 Å². The van der Waals surface area contributed by atoms with Crippen molar-refractivity contribution >= 4 is 23.5 Å². The average Bonchev–Trinajstić information content (AvgIpc) is 2.85. The van der Waals surface area contributed by atoms with Crippen LogP contribution in [-0.4, -0.2) is 35.3 Å². The number of imide groups is 1. The first-order chi connectivity index (χ1) is 12.9. The van der Waals surface area contributed by atoms with Crippen molar-refractivity contribution in [3.63, 3.8) is 0 Å². The van der Waals surface area contributed by atoms with Crippen molar-refractivity contribution in [1.82, 2.24) is 10.2 Å². The maximum Gasteiger partial charge on any atom is 0.319 e. The maximum atomic E-state index is 13.1. The highest BCUT2D eigenvalue weighted by Crippen LogP contribution is 2.27. The summed E-state index contributed by atoms with van der Waals surface area (Å²) in [4.78, 5) is 37.9. The van der Waals surface area contributed by atoms with Crippen LogP contribution < -0.4 is 10.6 Å². The van der Waals surface area contributed by atoms with E-state index < -0.39 is 6.03 Å². The van der Waals surface area contributed by atoms with Crippen molar-refractivity contribution in [2.75, 3.05) is 11.9 Å². The normalized spacial score (nSPS) is 13.1. The Labute approximate surface area is 156 Å². The lowest BCUT2D eigenvalue weighted by atomic mass is 10.1. The van der Waals surface area contributed by atoms with Crippen molar-refractivity contribution in [3.05, 3.63) is 65.0 Å². The minimum atomic E-state index is -0.441. The van der Waals surface area contributed by atoms with Crippen LogP contribution in [0.4, 0.5) is 14.9 Å². The molecule has 2 aromatic carbocycles. The number of halogens is 1. The van der Waals surface area contributed by atoms with Gasteiger partial charge in [-0.2, -0.15) is 0 Å². The summed E-state index contributed by atoms with van der Waals surface area (Å²) >= 11 is 0. The van der Waals surface area contributed by atoms with Crippen LogP contribution in [0.3, 0.4) is 0 Å². The van der Waals surface area contributed by atoms with Gasteiger partial charge in [-0.25, -0.2) is 9.18 Å². The van der Waals surface area contributed by atoms with Gasteiger partial charge in [0.15, 0.2) is 0 Å². The Hall–Kier alpha value is -3.22. The maximum absolute atomic E-state index is 13.1. The SMILES string of the molecule is CC(C)N1C(=O)c2ccc(NC(=O)NCCc3cccc(F)c3)cc2C1=O. The van der Waals surface area contributed by atoms with E-state index in [0.717, 1.165) is 5.56 Å². The second kappa shape index (κ2) is 7.57. The van der Waals surface area contributed by atoms with Gasteiger partial charge in [0.25, 0.3) is 11.8 Å². The number of amides is 4. The molecule has 1 heterocycles. The highest BCUT2D eigenvalue weighted by molar-refractivity contribution is 6.22. The number of benzene rings is 2. The van der Waals surface area contributed by atoms with Gasteiger partial charge < -0.3 is 10.6 Å². The Kier molecular flexibility index (Phi) is 5.21. The molecule has 7 heteroatoms. The number of carbonyl (C=O) groups is 3. The highest BCUT2D eigenvalue weighted by Gasteiger charge is 2.37. The molecule has 27 heavy (non-hydrogen) atoms. The third kappa shape index (κ3) is 3.97. The first kappa shape index (κ1) is 18.6. The summed E-state index contributed by atoms with van der Waals surface area (Å²) in [5, 5.41) is 5.32. The predicted molar refractivity (Wildman–Crippen MR) is 99.2 cm³/mol. The molecule has 6 nitrogen and oxygen atoms in total. The Bertz CT molecular complexity index is 911. The molecule has 0 atom stereocenters. The molecule has 0 saturated heterocycles. The van der Waals surface area contributed by atoms with Gasteiger partial charge >= 0.3 is 6.03 Å². The molecule has 2 aromatic rings. The molecule has 3 rings (SSSR count). The summed E-state index contributed by atoms with van der Waals surface area (Å²) in [6.45, 7) is 3.87. The average molecular weight is 369 g/mol. The molecule has 1 aliphatic heterocycles. The van der Waals surface area contributed by atoms with E-state index in [0.29, 0.717) is 24.2 Å². The fraction of sp³-hybridized carbons (Fsp3) is 0.250. The number of anilines is 1. The van der Waals surface area contributed by atoms with Gasteiger partial charge in [-0.05, 0) is 56.2 Å². The van der Waals surface area contributed by atoms with Gasteiger partial charge in [-0.1, -0.05) is 12.1 Å². The van der Waals surface area contributed by atoms with Gasteiger partial charge in [-0.3, -0.25) is 14.5 Å². The minimum Gasteiger partial charge on any atom is -0.338 e. The highest BCUT2D eigenvalue weighted by atomic mass is 19.1. The largest absolute Gasteiger partial charge is 0.338 e. The number of carbonyl (C=O) groups excluding carboxylic acids is 3. The lowest BCUT2D eigenvalue weighted by Gasteiger charge is -2.17. The quantitative estimate of drug-likeness (QED) is 0.795. The summed E-state index contributed by atoms with van der Waals surface area (Å²) < 4.78 is 13.1. The number of rotatable bonds is 5. The van der Waals surface area contributed by atoms with E-state index in [2.05, 4.69) is 10.6 Å². The monoisotopic (exact) mass is 369 g/mol. The van der Waals surface area contributed by atoms with Crippen LogP contribution in [0, 0.1) is 5.82 Å². The van der Waals surface area contributed by atoms with Gasteiger partial charge in [0.2, 0.25) is 0 Å². The van der Waals surface area contributed by atoms with Crippen molar-refractivity contribution in [2.24, 2.45) is 0 Å². The van der Waals surface area contributed by atoms with Gasteiger partial charge in [-0.15, -0.1) is 0 Å². The molecule has 0 fully saturated rings.